The largest absolute Gasteiger partial charge is 0.397 e. The predicted octanol–water partition coefficient (Wildman–Crippen LogP) is 4.49. The van der Waals surface area contributed by atoms with Crippen molar-refractivity contribution in [1.82, 2.24) is 35.1 Å². The number of nitrogens with one attached hydrogen (secondary N) is 2. The number of H-pyrrole nitrogens is 2. The molecule has 1 aromatic carbocycles. The van der Waals surface area contributed by atoms with Crippen LogP contribution in [0.3, 0.4) is 0 Å². The van der Waals surface area contributed by atoms with E-state index in [9.17, 15) is 4.39 Å². The zero-order chi connectivity index (χ0) is 22.5. The number of benzene rings is 1. The third kappa shape index (κ3) is 2.99. The summed E-state index contributed by atoms with van der Waals surface area (Å²) in [4.78, 5) is 20.4. The Hall–Kier alpha value is -4.73. The molecule has 0 bridgehead atoms. The van der Waals surface area contributed by atoms with Crippen molar-refractivity contribution < 1.29 is 8.78 Å². The molecular formula is C23H14F2N8. The Morgan fingerprint density at radius 3 is 2.64 bits per heavy atom. The van der Waals surface area contributed by atoms with Crippen molar-refractivity contribution in [3.05, 3.63) is 72.8 Å². The van der Waals surface area contributed by atoms with Gasteiger partial charge in [-0.05, 0) is 24.3 Å². The fourth-order valence-corrected chi connectivity index (χ4v) is 3.83. The van der Waals surface area contributed by atoms with Crippen molar-refractivity contribution in [3.8, 4) is 33.9 Å². The minimum atomic E-state index is -0.538. The van der Waals surface area contributed by atoms with E-state index in [-0.39, 0.29) is 22.3 Å². The summed E-state index contributed by atoms with van der Waals surface area (Å²) >= 11 is 0. The first-order valence-corrected chi connectivity index (χ1v) is 9.93. The Balaban J connectivity index is 1.56. The van der Waals surface area contributed by atoms with Crippen molar-refractivity contribution in [3.63, 3.8) is 0 Å². The van der Waals surface area contributed by atoms with E-state index in [1.165, 1.54) is 24.7 Å². The van der Waals surface area contributed by atoms with E-state index in [1.807, 2.05) is 0 Å². The first-order chi connectivity index (χ1) is 16.1. The lowest BCUT2D eigenvalue weighted by Gasteiger charge is -2.05. The number of halogens is 2. The molecule has 5 heterocycles. The molecule has 160 valence electrons. The van der Waals surface area contributed by atoms with E-state index in [4.69, 9.17) is 5.73 Å². The van der Waals surface area contributed by atoms with Crippen LogP contribution in [0.25, 0.3) is 56.0 Å². The molecule has 0 atom stereocenters. The number of rotatable bonds is 3. The maximum absolute atomic E-state index is 15.6. The van der Waals surface area contributed by atoms with Crippen LogP contribution >= 0.6 is 0 Å². The Kier molecular flexibility index (Phi) is 4.12. The smallest absolute Gasteiger partial charge is 0.159 e. The maximum atomic E-state index is 15.6. The average Bonchev–Trinajstić information content (AvgIpc) is 3.44. The number of aromatic amines is 2. The molecule has 5 aromatic heterocycles. The lowest BCUT2D eigenvalue weighted by molar-refractivity contribution is 0.631. The highest BCUT2D eigenvalue weighted by atomic mass is 19.1. The standard InChI is InChI=1S/C23H14F2N8/c24-15-4-2-1-3-13(15)19-20-16(5-6-28-19)30-23(31-20)21-17-18(25)14(10-29-22(17)33-32-21)11-7-12(26)9-27-8-11/h1-10H,26H2,(H,30,31)(H,29,32,33). The second-order valence-electron chi connectivity index (χ2n) is 7.41. The summed E-state index contributed by atoms with van der Waals surface area (Å²) in [5.74, 6) is -0.655. The molecule has 10 heteroatoms. The number of nitrogen functional groups attached to an aromatic ring is 1. The molecule has 33 heavy (non-hydrogen) atoms. The molecule has 4 N–H and O–H groups in total. The van der Waals surface area contributed by atoms with Crippen LogP contribution in [0.15, 0.2) is 61.2 Å². The summed E-state index contributed by atoms with van der Waals surface area (Å²) in [5, 5.41) is 7.14. The summed E-state index contributed by atoms with van der Waals surface area (Å²) < 4.78 is 30.1. The number of fused-ring (bicyclic) bond motifs is 2. The zero-order valence-electron chi connectivity index (χ0n) is 16.8. The minimum Gasteiger partial charge on any atom is -0.397 e. The average molecular weight is 440 g/mol. The summed E-state index contributed by atoms with van der Waals surface area (Å²) in [5.41, 5.74) is 9.18. The van der Waals surface area contributed by atoms with Gasteiger partial charge in [-0.1, -0.05) is 12.1 Å². The first kappa shape index (κ1) is 19.0. The topological polar surface area (TPSA) is 122 Å². The normalized spacial score (nSPS) is 11.5. The first-order valence-electron chi connectivity index (χ1n) is 9.93. The number of imidazole rings is 1. The van der Waals surface area contributed by atoms with Crippen molar-refractivity contribution in [1.29, 1.82) is 0 Å². The number of anilines is 1. The van der Waals surface area contributed by atoms with Gasteiger partial charge in [0, 0.05) is 41.5 Å². The second-order valence-corrected chi connectivity index (χ2v) is 7.41. The molecule has 0 saturated carbocycles. The number of nitrogens with zero attached hydrogens (tertiary/aromatic N) is 5. The van der Waals surface area contributed by atoms with E-state index in [0.717, 1.165) is 0 Å². The van der Waals surface area contributed by atoms with Gasteiger partial charge in [0.25, 0.3) is 0 Å². The van der Waals surface area contributed by atoms with E-state index in [1.54, 1.807) is 36.5 Å². The molecule has 6 aromatic rings. The van der Waals surface area contributed by atoms with E-state index in [2.05, 4.69) is 35.1 Å². The predicted molar refractivity (Wildman–Crippen MR) is 120 cm³/mol. The zero-order valence-corrected chi connectivity index (χ0v) is 16.8. The molecule has 8 nitrogen and oxygen atoms in total. The van der Waals surface area contributed by atoms with E-state index >= 15 is 4.39 Å². The van der Waals surface area contributed by atoms with E-state index < -0.39 is 11.6 Å². The maximum Gasteiger partial charge on any atom is 0.159 e. The number of aromatic nitrogens is 7. The highest BCUT2D eigenvalue weighted by molar-refractivity contribution is 5.96. The van der Waals surface area contributed by atoms with Gasteiger partial charge < -0.3 is 10.7 Å². The van der Waals surface area contributed by atoms with Crippen LogP contribution in [0.2, 0.25) is 0 Å². The SMILES string of the molecule is Nc1cncc(-c2cnc3[nH]nc(-c4nc5c(-c6ccccc6F)nccc5[nH]4)c3c2F)c1. The Bertz CT molecular complexity index is 1670. The molecule has 0 spiro atoms. The second kappa shape index (κ2) is 7.16. The van der Waals surface area contributed by atoms with Gasteiger partial charge in [0.1, 0.15) is 28.5 Å². The third-order valence-electron chi connectivity index (χ3n) is 5.35. The fraction of sp³-hybridized carbons (Fsp3) is 0. The van der Waals surface area contributed by atoms with Gasteiger partial charge in [-0.2, -0.15) is 5.10 Å². The number of hydrogen-bond acceptors (Lipinski definition) is 6. The van der Waals surface area contributed by atoms with Gasteiger partial charge in [0.2, 0.25) is 0 Å². The molecule has 0 aliphatic carbocycles. The van der Waals surface area contributed by atoms with Crippen LogP contribution < -0.4 is 5.73 Å². The summed E-state index contributed by atoms with van der Waals surface area (Å²) in [6, 6.07) is 9.65. The van der Waals surface area contributed by atoms with Crippen LogP contribution in [0.5, 0.6) is 0 Å². The Morgan fingerprint density at radius 1 is 0.909 bits per heavy atom. The Labute approximate surface area is 184 Å². The van der Waals surface area contributed by atoms with Gasteiger partial charge in [0.05, 0.1) is 16.6 Å². The molecular weight excluding hydrogens is 426 g/mol. The highest BCUT2D eigenvalue weighted by Crippen LogP contribution is 2.34. The third-order valence-corrected chi connectivity index (χ3v) is 5.35. The van der Waals surface area contributed by atoms with Gasteiger partial charge in [0.15, 0.2) is 11.5 Å². The molecule has 0 aliphatic rings. The number of pyridine rings is 3. The number of nitrogens with two attached hydrogens (primary N) is 1. The molecule has 0 amide bonds. The molecule has 6 rings (SSSR count). The van der Waals surface area contributed by atoms with Crippen LogP contribution in [-0.2, 0) is 0 Å². The van der Waals surface area contributed by atoms with Gasteiger partial charge in [-0.15, -0.1) is 0 Å². The van der Waals surface area contributed by atoms with Crippen LogP contribution in [0.4, 0.5) is 14.5 Å². The van der Waals surface area contributed by atoms with Crippen LogP contribution in [0, 0.1) is 11.6 Å². The van der Waals surface area contributed by atoms with E-state index in [0.29, 0.717) is 39.4 Å². The lowest BCUT2D eigenvalue weighted by Crippen LogP contribution is -1.93. The van der Waals surface area contributed by atoms with Gasteiger partial charge in [-0.25, -0.2) is 18.7 Å². The number of hydrogen-bond donors (Lipinski definition) is 3. The molecule has 0 unspecified atom stereocenters. The van der Waals surface area contributed by atoms with Crippen LogP contribution in [-0.4, -0.2) is 35.1 Å². The lowest BCUT2D eigenvalue weighted by atomic mass is 10.1. The molecule has 0 radical (unpaired) electrons. The fourth-order valence-electron chi connectivity index (χ4n) is 3.83. The van der Waals surface area contributed by atoms with Gasteiger partial charge >= 0.3 is 0 Å². The van der Waals surface area contributed by atoms with Crippen molar-refractivity contribution in [2.45, 2.75) is 0 Å². The summed E-state index contributed by atoms with van der Waals surface area (Å²) in [6.07, 6.45) is 5.94. The van der Waals surface area contributed by atoms with Crippen molar-refractivity contribution in [2.75, 3.05) is 5.73 Å². The quantitative estimate of drug-likeness (QED) is 0.373. The molecule has 0 aliphatic heterocycles. The molecule has 0 saturated heterocycles. The van der Waals surface area contributed by atoms with Gasteiger partial charge in [-0.3, -0.25) is 15.1 Å². The van der Waals surface area contributed by atoms with Crippen LogP contribution in [0.1, 0.15) is 0 Å². The Morgan fingerprint density at radius 2 is 1.79 bits per heavy atom. The minimum absolute atomic E-state index is 0.161. The summed E-state index contributed by atoms with van der Waals surface area (Å²) in [7, 11) is 0. The van der Waals surface area contributed by atoms with Crippen molar-refractivity contribution >= 4 is 27.8 Å². The highest BCUT2D eigenvalue weighted by Gasteiger charge is 2.22. The van der Waals surface area contributed by atoms with Crippen molar-refractivity contribution in [2.24, 2.45) is 0 Å². The summed E-state index contributed by atoms with van der Waals surface area (Å²) in [6.45, 7) is 0. The molecule has 0 fully saturated rings. The monoisotopic (exact) mass is 440 g/mol.